The highest BCUT2D eigenvalue weighted by Gasteiger charge is 2.24. The van der Waals surface area contributed by atoms with Crippen molar-refractivity contribution in [2.75, 3.05) is 18.0 Å². The molecule has 1 aromatic carbocycles. The van der Waals surface area contributed by atoms with Crippen LogP contribution >= 0.6 is 0 Å². The summed E-state index contributed by atoms with van der Waals surface area (Å²) < 4.78 is 1.94. The highest BCUT2D eigenvalue weighted by Crippen LogP contribution is 2.31. The summed E-state index contributed by atoms with van der Waals surface area (Å²) in [7, 11) is 0. The molecule has 1 N–H and O–H groups in total. The molecule has 112 valence electrons. The van der Waals surface area contributed by atoms with E-state index >= 15 is 0 Å². The van der Waals surface area contributed by atoms with E-state index in [1.807, 2.05) is 10.9 Å². The molecule has 5 nitrogen and oxygen atoms in total. The van der Waals surface area contributed by atoms with Gasteiger partial charge in [0.1, 0.15) is 0 Å². The van der Waals surface area contributed by atoms with E-state index in [2.05, 4.69) is 58.6 Å². The topological polar surface area (TPSA) is 46.0 Å². The van der Waals surface area contributed by atoms with Gasteiger partial charge in [0, 0.05) is 31.0 Å². The average molecular weight is 285 g/mol. The average Bonchev–Trinajstić information content (AvgIpc) is 3.06. The van der Waals surface area contributed by atoms with E-state index in [9.17, 15) is 0 Å². The lowest BCUT2D eigenvalue weighted by molar-refractivity contribution is 0.554. The Morgan fingerprint density at radius 3 is 3.00 bits per heavy atom. The third-order valence-corrected chi connectivity index (χ3v) is 4.06. The first-order chi connectivity index (χ1) is 10.3. The van der Waals surface area contributed by atoms with Crippen LogP contribution in [0.5, 0.6) is 0 Å². The Bertz CT molecular complexity index is 592. The summed E-state index contributed by atoms with van der Waals surface area (Å²) in [5.41, 5.74) is 3.83. The zero-order chi connectivity index (χ0) is 14.7. The molecule has 1 atom stereocenters. The molecule has 0 aliphatic carbocycles. The third-order valence-electron chi connectivity index (χ3n) is 4.06. The van der Waals surface area contributed by atoms with E-state index in [1.54, 1.807) is 0 Å². The maximum atomic E-state index is 4.21. The van der Waals surface area contributed by atoms with Crippen LogP contribution < -0.4 is 10.2 Å². The molecule has 3 rings (SSSR count). The minimum absolute atomic E-state index is 0.562. The van der Waals surface area contributed by atoms with Gasteiger partial charge in [0.25, 0.3) is 0 Å². The van der Waals surface area contributed by atoms with Gasteiger partial charge in [-0.2, -0.15) is 0 Å². The lowest BCUT2D eigenvalue weighted by Gasteiger charge is -2.24. The maximum absolute atomic E-state index is 4.21. The summed E-state index contributed by atoms with van der Waals surface area (Å²) in [5, 5.41) is 11.7. The Hall–Kier alpha value is -1.88. The largest absolute Gasteiger partial charge is 0.366 e. The van der Waals surface area contributed by atoms with E-state index < -0.39 is 0 Å². The van der Waals surface area contributed by atoms with Gasteiger partial charge in [-0.25, -0.2) is 0 Å². The number of anilines is 1. The Balaban J connectivity index is 1.61. The second-order valence-corrected chi connectivity index (χ2v) is 5.63. The minimum Gasteiger partial charge on any atom is -0.366 e. The summed E-state index contributed by atoms with van der Waals surface area (Å²) in [4.78, 5) is 2.47. The minimum atomic E-state index is 0.562. The summed E-state index contributed by atoms with van der Waals surface area (Å²) in [6.07, 6.45) is 3.18. The van der Waals surface area contributed by atoms with Gasteiger partial charge in [-0.05, 0) is 31.5 Å². The van der Waals surface area contributed by atoms with E-state index in [4.69, 9.17) is 0 Å². The van der Waals surface area contributed by atoms with Gasteiger partial charge in [-0.1, -0.05) is 30.3 Å². The Morgan fingerprint density at radius 1 is 1.29 bits per heavy atom. The first-order valence-electron chi connectivity index (χ1n) is 7.72. The molecule has 1 aromatic heterocycles. The number of hydrogen-bond donors (Lipinski definition) is 1. The van der Waals surface area contributed by atoms with Crippen LogP contribution in [0.15, 0.2) is 30.5 Å². The number of hydrogen-bond acceptors (Lipinski definition) is 4. The number of para-hydroxylation sites is 1. The Morgan fingerprint density at radius 2 is 2.14 bits per heavy atom. The van der Waals surface area contributed by atoms with Crippen LogP contribution in [0.1, 0.15) is 25.1 Å². The highest BCUT2D eigenvalue weighted by molar-refractivity contribution is 5.59. The maximum Gasteiger partial charge on any atom is 0.0964 e. The quantitative estimate of drug-likeness (QED) is 0.879. The molecule has 5 heteroatoms. The van der Waals surface area contributed by atoms with Gasteiger partial charge in [-0.3, -0.25) is 4.68 Å². The van der Waals surface area contributed by atoms with Crippen LogP contribution in [0.2, 0.25) is 0 Å². The molecule has 2 aromatic rings. The summed E-state index contributed by atoms with van der Waals surface area (Å²) in [5.74, 6) is 0. The van der Waals surface area contributed by atoms with Gasteiger partial charge in [-0.15, -0.1) is 5.10 Å². The molecule has 0 saturated heterocycles. The third kappa shape index (κ3) is 3.08. The smallest absolute Gasteiger partial charge is 0.0964 e. The summed E-state index contributed by atoms with van der Waals surface area (Å²) in [6.45, 7) is 7.98. The predicted octanol–water partition coefficient (Wildman–Crippen LogP) is 1.84. The van der Waals surface area contributed by atoms with Crippen molar-refractivity contribution in [3.8, 4) is 0 Å². The lowest BCUT2D eigenvalue weighted by Crippen LogP contribution is -2.32. The van der Waals surface area contributed by atoms with Crippen LogP contribution in [0, 0.1) is 0 Å². The first-order valence-corrected chi connectivity index (χ1v) is 7.72. The molecule has 0 spiro atoms. The van der Waals surface area contributed by atoms with Crippen molar-refractivity contribution in [2.24, 2.45) is 0 Å². The van der Waals surface area contributed by atoms with Crippen molar-refractivity contribution < 1.29 is 0 Å². The molecular weight excluding hydrogens is 262 g/mol. The molecule has 1 aliphatic rings. The van der Waals surface area contributed by atoms with Crippen molar-refractivity contribution in [3.05, 3.63) is 41.7 Å². The molecular formula is C16H23N5. The van der Waals surface area contributed by atoms with Crippen molar-refractivity contribution in [1.82, 2.24) is 20.3 Å². The fourth-order valence-electron chi connectivity index (χ4n) is 2.96. The van der Waals surface area contributed by atoms with Crippen molar-refractivity contribution in [1.29, 1.82) is 0 Å². The van der Waals surface area contributed by atoms with Crippen LogP contribution in [-0.4, -0.2) is 34.1 Å². The van der Waals surface area contributed by atoms with Crippen LogP contribution in [0.4, 0.5) is 5.69 Å². The Labute approximate surface area is 126 Å². The standard InChI is InChI=1S/C16H23N5/c1-3-17-11-15-12-20(19-18-15)8-9-21-13(2)10-14-6-4-5-7-16(14)21/h4-7,12-13,17H,3,8-11H2,1-2H3. The number of fused-ring (bicyclic) bond motifs is 1. The van der Waals surface area contributed by atoms with Gasteiger partial charge in [0.15, 0.2) is 0 Å². The number of aromatic nitrogens is 3. The fourth-order valence-corrected chi connectivity index (χ4v) is 2.96. The lowest BCUT2D eigenvalue weighted by atomic mass is 10.1. The molecule has 0 fully saturated rings. The Kier molecular flexibility index (Phi) is 4.20. The summed E-state index contributed by atoms with van der Waals surface area (Å²) >= 11 is 0. The fraction of sp³-hybridized carbons (Fsp3) is 0.500. The number of benzene rings is 1. The van der Waals surface area contributed by atoms with Crippen molar-refractivity contribution >= 4 is 5.69 Å². The molecule has 0 radical (unpaired) electrons. The number of nitrogens with one attached hydrogen (secondary N) is 1. The van der Waals surface area contributed by atoms with Crippen LogP contribution in [0.3, 0.4) is 0 Å². The monoisotopic (exact) mass is 285 g/mol. The predicted molar refractivity (Wildman–Crippen MR) is 84.4 cm³/mol. The van der Waals surface area contributed by atoms with Gasteiger partial charge < -0.3 is 10.2 Å². The first kappa shape index (κ1) is 14.1. The highest BCUT2D eigenvalue weighted by atomic mass is 15.4. The molecule has 0 amide bonds. The van der Waals surface area contributed by atoms with Crippen molar-refractivity contribution in [2.45, 2.75) is 39.4 Å². The van der Waals surface area contributed by atoms with Crippen LogP contribution in [-0.2, 0) is 19.5 Å². The molecule has 21 heavy (non-hydrogen) atoms. The molecule has 0 saturated carbocycles. The number of rotatable bonds is 6. The van der Waals surface area contributed by atoms with Crippen molar-refractivity contribution in [3.63, 3.8) is 0 Å². The van der Waals surface area contributed by atoms with E-state index in [0.29, 0.717) is 6.04 Å². The molecule has 1 unspecified atom stereocenters. The van der Waals surface area contributed by atoms with E-state index in [-0.39, 0.29) is 0 Å². The van der Waals surface area contributed by atoms with Crippen LogP contribution in [0.25, 0.3) is 0 Å². The SMILES string of the molecule is CCNCc1cn(CCN2c3ccccc3CC2C)nn1. The normalized spacial score (nSPS) is 17.2. The zero-order valence-electron chi connectivity index (χ0n) is 12.8. The van der Waals surface area contributed by atoms with Gasteiger partial charge >= 0.3 is 0 Å². The molecule has 1 aliphatic heterocycles. The van der Waals surface area contributed by atoms with E-state index in [0.717, 1.165) is 38.3 Å². The molecule has 2 heterocycles. The van der Waals surface area contributed by atoms with Gasteiger partial charge in [0.2, 0.25) is 0 Å². The zero-order valence-corrected chi connectivity index (χ0v) is 12.8. The summed E-state index contributed by atoms with van der Waals surface area (Å²) in [6, 6.07) is 9.26. The van der Waals surface area contributed by atoms with Gasteiger partial charge in [0.05, 0.1) is 12.2 Å². The second kappa shape index (κ2) is 6.26. The second-order valence-electron chi connectivity index (χ2n) is 5.63. The van der Waals surface area contributed by atoms with E-state index in [1.165, 1.54) is 11.3 Å². The molecule has 0 bridgehead atoms. The number of nitrogens with zero attached hydrogens (tertiary/aromatic N) is 4.